The number of nitrogens with zero attached hydrogens (tertiary/aromatic N) is 3. The lowest BCUT2D eigenvalue weighted by Crippen LogP contribution is -2.38. The van der Waals surface area contributed by atoms with Gasteiger partial charge in [0.05, 0.1) is 44.8 Å². The SMILES string of the molecule is C=CCCCCCCCCCC1(C2=Cc3cc4ccc(cc5nc(cc6c(-c7ccccc7)c(-c7ccccc7)c(c(-c7ccccc7)c2n3)n6-c2ccccc2)C=C5)[nH]4)C(F)=C(F)C(c2ccccc2)=C(F)C1F. The molecule has 2 atom stereocenters. The Morgan fingerprint density at radius 1 is 0.547 bits per heavy atom. The van der Waals surface area contributed by atoms with Crippen LogP contribution in [0.4, 0.5) is 17.6 Å². The molecule has 0 radical (unpaired) electrons. The molecular weight excluding hydrogens is 937 g/mol. The highest BCUT2D eigenvalue weighted by Gasteiger charge is 2.56. The first-order valence-corrected chi connectivity index (χ1v) is 26.0. The van der Waals surface area contributed by atoms with Crippen LogP contribution in [0.3, 0.4) is 0 Å². The molecule has 2 unspecified atom stereocenters. The summed E-state index contributed by atoms with van der Waals surface area (Å²) in [7, 11) is 0. The minimum Gasteiger partial charge on any atom is -0.355 e. The first-order valence-electron chi connectivity index (χ1n) is 26.0. The Morgan fingerprint density at radius 2 is 1.05 bits per heavy atom. The second-order valence-electron chi connectivity index (χ2n) is 19.5. The van der Waals surface area contributed by atoms with Crippen molar-refractivity contribution in [1.82, 2.24) is 19.5 Å². The van der Waals surface area contributed by atoms with Crippen LogP contribution in [0.1, 0.15) is 86.1 Å². The van der Waals surface area contributed by atoms with Crippen molar-refractivity contribution in [3.8, 4) is 39.1 Å². The van der Waals surface area contributed by atoms with Crippen molar-refractivity contribution in [3.63, 3.8) is 0 Å². The average Bonchev–Trinajstić information content (AvgIpc) is 4.27. The molecule has 3 aromatic heterocycles. The number of H-pyrrole nitrogens is 1. The summed E-state index contributed by atoms with van der Waals surface area (Å²) in [6.07, 6.45) is 11.4. The maximum Gasteiger partial charge on any atom is 0.168 e. The molecule has 11 rings (SSSR count). The molecule has 2 aliphatic heterocycles. The number of rotatable bonds is 16. The molecule has 1 aliphatic carbocycles. The number of alkyl halides is 1. The average molecular weight is 993 g/mol. The van der Waals surface area contributed by atoms with E-state index in [1.807, 2.05) is 140 Å². The van der Waals surface area contributed by atoms with E-state index in [4.69, 9.17) is 9.97 Å². The molecule has 8 bridgehead atoms. The molecule has 0 amide bonds. The Bertz CT molecular complexity index is 3690. The molecule has 0 spiro atoms. The highest BCUT2D eigenvalue weighted by molar-refractivity contribution is 6.12. The van der Waals surface area contributed by atoms with E-state index in [1.54, 1.807) is 24.3 Å². The zero-order valence-corrected chi connectivity index (χ0v) is 41.6. The Hall–Kier alpha value is -8.36. The number of allylic oxidation sites excluding steroid dienone is 6. The number of hydrogen-bond acceptors (Lipinski definition) is 2. The third kappa shape index (κ3) is 9.46. The van der Waals surface area contributed by atoms with E-state index in [0.717, 1.165) is 83.2 Å². The van der Waals surface area contributed by atoms with Gasteiger partial charge < -0.3 is 9.55 Å². The predicted octanol–water partition coefficient (Wildman–Crippen LogP) is 19.1. The maximum absolute atomic E-state index is 18.6. The van der Waals surface area contributed by atoms with Crippen molar-refractivity contribution < 1.29 is 17.6 Å². The van der Waals surface area contributed by atoms with E-state index < -0.39 is 34.6 Å². The summed E-state index contributed by atoms with van der Waals surface area (Å²) in [5.41, 5.74) is 7.26. The van der Waals surface area contributed by atoms with Gasteiger partial charge in [-0.15, -0.1) is 6.58 Å². The largest absolute Gasteiger partial charge is 0.355 e. The lowest BCUT2D eigenvalue weighted by Gasteiger charge is -2.40. The van der Waals surface area contributed by atoms with Gasteiger partial charge >= 0.3 is 0 Å². The number of halogens is 4. The topological polar surface area (TPSA) is 46.5 Å². The van der Waals surface area contributed by atoms with E-state index in [0.29, 0.717) is 46.4 Å². The van der Waals surface area contributed by atoms with Gasteiger partial charge in [0.25, 0.3) is 0 Å². The van der Waals surface area contributed by atoms with Crippen molar-refractivity contribution in [2.45, 2.75) is 64.0 Å². The van der Waals surface area contributed by atoms with Gasteiger partial charge in [0.2, 0.25) is 0 Å². The molecule has 0 fully saturated rings. The smallest absolute Gasteiger partial charge is 0.168 e. The summed E-state index contributed by atoms with van der Waals surface area (Å²) in [5.74, 6) is -4.13. The summed E-state index contributed by atoms with van der Waals surface area (Å²) in [4.78, 5) is 14.1. The fourth-order valence-electron chi connectivity index (χ4n) is 11.2. The molecule has 1 N–H and O–H groups in total. The van der Waals surface area contributed by atoms with Crippen LogP contribution in [-0.4, -0.2) is 25.7 Å². The number of nitrogens with one attached hydrogen (secondary N) is 1. The molecular formula is C67H56F4N4. The normalized spacial score (nSPS) is 16.4. The van der Waals surface area contributed by atoms with Crippen molar-refractivity contribution in [1.29, 1.82) is 0 Å². The van der Waals surface area contributed by atoms with Crippen LogP contribution in [0.15, 0.2) is 212 Å². The molecule has 4 nitrogen and oxygen atoms in total. The van der Waals surface area contributed by atoms with Crippen LogP contribution in [0.5, 0.6) is 0 Å². The third-order valence-corrected chi connectivity index (χ3v) is 14.7. The van der Waals surface area contributed by atoms with Crippen LogP contribution in [-0.2, 0) is 0 Å². The zero-order valence-electron chi connectivity index (χ0n) is 41.6. The number of aromatic nitrogens is 4. The Labute approximate surface area is 435 Å². The standard InChI is InChI=1S/C67H56F4N4/c1-2-3-4-5-6-7-8-9-25-40-67(65(70)61(68)59(62(69)66(67)71)47-30-19-12-20-31-47)55-43-53-42-51-37-36-49(72-51)41-50-38-39-52(73-50)44-56-57(45-26-15-10-16-27-45)58(46-28-17-11-18-29-46)64(75(56)54-34-23-14-24-35-54)60(63(55)74-53)48-32-21-13-22-33-48/h2,10-24,26-39,41-44,65,72H,1,3-9,25,40H2. The third-order valence-electron chi connectivity index (χ3n) is 14.7. The van der Waals surface area contributed by atoms with E-state index in [9.17, 15) is 0 Å². The molecule has 5 heterocycles. The molecule has 75 heavy (non-hydrogen) atoms. The van der Waals surface area contributed by atoms with Crippen molar-refractivity contribution in [2.24, 2.45) is 5.41 Å². The summed E-state index contributed by atoms with van der Waals surface area (Å²) in [6.45, 7) is 3.85. The fraction of sp³-hybridized carbons (Fsp3) is 0.164. The molecule has 8 aromatic rings. The lowest BCUT2D eigenvalue weighted by molar-refractivity contribution is 0.155. The second kappa shape index (κ2) is 21.6. The zero-order chi connectivity index (χ0) is 51.3. The summed E-state index contributed by atoms with van der Waals surface area (Å²) in [6, 6.07) is 57.5. The first kappa shape index (κ1) is 48.9. The van der Waals surface area contributed by atoms with Gasteiger partial charge in [-0.2, -0.15) is 0 Å². The lowest BCUT2D eigenvalue weighted by atomic mass is 9.65. The van der Waals surface area contributed by atoms with Gasteiger partial charge in [-0.1, -0.05) is 184 Å². The Balaban J connectivity index is 1.30. The van der Waals surface area contributed by atoms with E-state index in [2.05, 4.69) is 46.5 Å². The van der Waals surface area contributed by atoms with Crippen molar-refractivity contribution in [2.75, 3.05) is 0 Å². The van der Waals surface area contributed by atoms with Gasteiger partial charge in [0.1, 0.15) is 5.83 Å². The highest BCUT2D eigenvalue weighted by Crippen LogP contribution is 2.61. The quantitative estimate of drug-likeness (QED) is 0.0596. The molecule has 0 saturated heterocycles. The van der Waals surface area contributed by atoms with E-state index >= 15 is 17.6 Å². The molecule has 372 valence electrons. The van der Waals surface area contributed by atoms with E-state index in [1.165, 1.54) is 12.1 Å². The van der Waals surface area contributed by atoms with Crippen LogP contribution < -0.4 is 0 Å². The van der Waals surface area contributed by atoms with Crippen LogP contribution in [0.25, 0.3) is 90.5 Å². The Kier molecular flexibility index (Phi) is 14.1. The number of benzene rings is 5. The predicted molar refractivity (Wildman–Crippen MR) is 302 cm³/mol. The van der Waals surface area contributed by atoms with Crippen LogP contribution in [0.2, 0.25) is 0 Å². The number of fused-ring (bicyclic) bond motifs is 8. The number of aromatic amines is 1. The van der Waals surface area contributed by atoms with Gasteiger partial charge in [-0.3, -0.25) is 0 Å². The Morgan fingerprint density at radius 3 is 1.65 bits per heavy atom. The van der Waals surface area contributed by atoms with Gasteiger partial charge in [0.15, 0.2) is 17.8 Å². The first-order chi connectivity index (χ1) is 36.8. The van der Waals surface area contributed by atoms with E-state index in [-0.39, 0.29) is 23.3 Å². The van der Waals surface area contributed by atoms with Crippen molar-refractivity contribution in [3.05, 3.63) is 240 Å². The van der Waals surface area contributed by atoms with Gasteiger partial charge in [-0.05, 0) is 108 Å². The number of para-hydroxylation sites is 1. The number of unbranched alkanes of at least 4 members (excludes halogenated alkanes) is 7. The molecule has 0 saturated carbocycles. The summed E-state index contributed by atoms with van der Waals surface area (Å²) < 4.78 is 74.6. The summed E-state index contributed by atoms with van der Waals surface area (Å²) in [5, 5.41) is 0. The monoisotopic (exact) mass is 992 g/mol. The second-order valence-corrected chi connectivity index (χ2v) is 19.5. The molecule has 3 aliphatic rings. The highest BCUT2D eigenvalue weighted by atomic mass is 19.2. The van der Waals surface area contributed by atoms with Gasteiger partial charge in [0, 0.05) is 33.4 Å². The molecule has 8 heteroatoms. The summed E-state index contributed by atoms with van der Waals surface area (Å²) >= 11 is 0. The van der Waals surface area contributed by atoms with Crippen LogP contribution in [0, 0.1) is 5.41 Å². The van der Waals surface area contributed by atoms with Crippen molar-refractivity contribution >= 4 is 51.4 Å². The van der Waals surface area contributed by atoms with Crippen LogP contribution >= 0.6 is 0 Å². The number of hydrogen-bond donors (Lipinski definition) is 1. The fourth-order valence-corrected chi connectivity index (χ4v) is 11.2. The minimum atomic E-state index is -2.63. The maximum atomic E-state index is 18.6. The van der Waals surface area contributed by atoms with Gasteiger partial charge in [-0.25, -0.2) is 27.5 Å². The molecule has 5 aromatic carbocycles. The minimum absolute atomic E-state index is 0.0511.